The molecule has 9 heteroatoms. The number of furan rings is 1. The molecule has 0 aliphatic rings. The lowest BCUT2D eigenvalue weighted by molar-refractivity contribution is -0.133. The Kier molecular flexibility index (Phi) is 7.88. The Hall–Kier alpha value is -2.90. The third kappa shape index (κ3) is 6.08. The molecule has 1 N–H and O–H groups in total. The van der Waals surface area contributed by atoms with Crippen molar-refractivity contribution in [2.24, 2.45) is 7.05 Å². The topological polar surface area (TPSA) is 70.7 Å². The maximum absolute atomic E-state index is 13.3. The minimum atomic E-state index is -0.422. The highest BCUT2D eigenvalue weighted by atomic mass is 35.5. The standard InChI is InChI=1S/C23H26Cl2N4O3/c1-16(2)29(23(31)26-21-9-8-17(24)12-20(21)25)15-22(30)28(14-19-7-5-11-32-19)13-18-6-4-10-27(18)3/h4-12,16H,13-15H2,1-3H3,(H,26,31). The Labute approximate surface area is 197 Å². The average Bonchev–Trinajstić information content (AvgIpc) is 3.39. The fourth-order valence-corrected chi connectivity index (χ4v) is 3.65. The van der Waals surface area contributed by atoms with E-state index in [4.69, 9.17) is 27.6 Å². The molecule has 0 aliphatic heterocycles. The van der Waals surface area contributed by atoms with Gasteiger partial charge in [-0.1, -0.05) is 23.2 Å². The fraction of sp³-hybridized carbons (Fsp3) is 0.304. The van der Waals surface area contributed by atoms with E-state index in [2.05, 4.69) is 5.32 Å². The van der Waals surface area contributed by atoms with Crippen molar-refractivity contribution in [3.8, 4) is 0 Å². The lowest BCUT2D eigenvalue weighted by Gasteiger charge is -2.30. The zero-order chi connectivity index (χ0) is 23.3. The highest BCUT2D eigenvalue weighted by Crippen LogP contribution is 2.26. The summed E-state index contributed by atoms with van der Waals surface area (Å²) in [6.07, 6.45) is 3.50. The summed E-state index contributed by atoms with van der Waals surface area (Å²) < 4.78 is 7.40. The summed E-state index contributed by atoms with van der Waals surface area (Å²) in [5.74, 6) is 0.467. The van der Waals surface area contributed by atoms with Gasteiger partial charge in [0.05, 0.1) is 30.1 Å². The molecule has 0 fully saturated rings. The molecular formula is C23H26Cl2N4O3. The van der Waals surface area contributed by atoms with Crippen molar-refractivity contribution in [3.05, 3.63) is 76.4 Å². The van der Waals surface area contributed by atoms with E-state index in [1.54, 1.807) is 35.4 Å². The van der Waals surface area contributed by atoms with E-state index < -0.39 is 6.03 Å². The molecule has 0 atom stereocenters. The van der Waals surface area contributed by atoms with Gasteiger partial charge in [-0.15, -0.1) is 0 Å². The second-order valence-corrected chi connectivity index (χ2v) is 8.56. The maximum atomic E-state index is 13.3. The quantitative estimate of drug-likeness (QED) is 0.473. The molecule has 0 spiro atoms. The number of carbonyl (C=O) groups is 2. The first-order valence-corrected chi connectivity index (χ1v) is 10.9. The van der Waals surface area contributed by atoms with Crippen LogP contribution in [0.4, 0.5) is 10.5 Å². The molecule has 32 heavy (non-hydrogen) atoms. The Morgan fingerprint density at radius 3 is 2.50 bits per heavy atom. The molecule has 3 amide bonds. The van der Waals surface area contributed by atoms with Crippen LogP contribution in [-0.2, 0) is 24.9 Å². The predicted molar refractivity (Wildman–Crippen MR) is 126 cm³/mol. The average molecular weight is 477 g/mol. The first-order valence-electron chi connectivity index (χ1n) is 10.2. The minimum Gasteiger partial charge on any atom is -0.467 e. The van der Waals surface area contributed by atoms with Gasteiger partial charge in [0.1, 0.15) is 12.3 Å². The van der Waals surface area contributed by atoms with Crippen molar-refractivity contribution in [1.82, 2.24) is 14.4 Å². The van der Waals surface area contributed by atoms with Gasteiger partial charge >= 0.3 is 6.03 Å². The van der Waals surface area contributed by atoms with Crippen LogP contribution in [0.5, 0.6) is 0 Å². The number of hydrogen-bond donors (Lipinski definition) is 1. The molecule has 0 bridgehead atoms. The van der Waals surface area contributed by atoms with Crippen molar-refractivity contribution in [2.45, 2.75) is 33.0 Å². The smallest absolute Gasteiger partial charge is 0.322 e. The second kappa shape index (κ2) is 10.6. The van der Waals surface area contributed by atoms with Crippen LogP contribution in [0.15, 0.2) is 59.3 Å². The predicted octanol–water partition coefficient (Wildman–Crippen LogP) is 5.40. The highest BCUT2D eigenvalue weighted by Gasteiger charge is 2.25. The second-order valence-electron chi connectivity index (χ2n) is 7.72. The molecule has 2 aromatic heterocycles. The van der Waals surface area contributed by atoms with Crippen molar-refractivity contribution in [1.29, 1.82) is 0 Å². The SMILES string of the molecule is CC(C)N(CC(=O)N(Cc1ccco1)Cc1cccn1C)C(=O)Nc1ccc(Cl)cc1Cl. The molecule has 170 valence electrons. The number of rotatable bonds is 8. The van der Waals surface area contributed by atoms with Crippen LogP contribution in [-0.4, -0.2) is 38.9 Å². The molecule has 2 heterocycles. The van der Waals surface area contributed by atoms with Crippen LogP contribution in [0.2, 0.25) is 10.0 Å². The van der Waals surface area contributed by atoms with Crippen LogP contribution >= 0.6 is 23.2 Å². The monoisotopic (exact) mass is 476 g/mol. The molecule has 0 saturated heterocycles. The number of urea groups is 1. The summed E-state index contributed by atoms with van der Waals surface area (Å²) in [5.41, 5.74) is 1.40. The van der Waals surface area contributed by atoms with Gasteiger partial charge in [0.2, 0.25) is 5.91 Å². The van der Waals surface area contributed by atoms with Crippen molar-refractivity contribution >= 4 is 40.8 Å². The van der Waals surface area contributed by atoms with Crippen molar-refractivity contribution in [2.75, 3.05) is 11.9 Å². The number of benzene rings is 1. The molecular weight excluding hydrogens is 451 g/mol. The zero-order valence-electron chi connectivity index (χ0n) is 18.2. The number of halogens is 2. The van der Waals surface area contributed by atoms with Crippen LogP contribution < -0.4 is 5.32 Å². The van der Waals surface area contributed by atoms with Gasteiger partial charge in [0.25, 0.3) is 0 Å². The maximum Gasteiger partial charge on any atom is 0.322 e. The Bertz CT molecular complexity index is 1060. The fourth-order valence-electron chi connectivity index (χ4n) is 3.19. The van der Waals surface area contributed by atoms with Gasteiger partial charge in [-0.3, -0.25) is 4.79 Å². The first-order chi connectivity index (χ1) is 15.2. The molecule has 0 unspecified atom stereocenters. The number of anilines is 1. The van der Waals surface area contributed by atoms with Gasteiger partial charge in [0, 0.05) is 30.0 Å². The third-order valence-corrected chi connectivity index (χ3v) is 5.59. The van der Waals surface area contributed by atoms with E-state index in [0.29, 0.717) is 34.6 Å². The van der Waals surface area contributed by atoms with Gasteiger partial charge in [0.15, 0.2) is 0 Å². The van der Waals surface area contributed by atoms with Crippen LogP contribution in [0.3, 0.4) is 0 Å². The minimum absolute atomic E-state index is 0.0974. The highest BCUT2D eigenvalue weighted by molar-refractivity contribution is 6.36. The zero-order valence-corrected chi connectivity index (χ0v) is 19.7. The van der Waals surface area contributed by atoms with E-state index in [9.17, 15) is 9.59 Å². The number of nitrogens with one attached hydrogen (secondary N) is 1. The molecule has 0 aliphatic carbocycles. The molecule has 7 nitrogen and oxygen atoms in total. The summed E-state index contributed by atoms with van der Waals surface area (Å²) in [6, 6.07) is 11.7. The van der Waals surface area contributed by atoms with Crippen molar-refractivity contribution < 1.29 is 14.0 Å². The number of amides is 3. The first kappa shape index (κ1) is 23.8. The van der Waals surface area contributed by atoms with Crippen LogP contribution in [0, 0.1) is 0 Å². The van der Waals surface area contributed by atoms with Crippen LogP contribution in [0.1, 0.15) is 25.3 Å². The summed E-state index contributed by atoms with van der Waals surface area (Å²) in [5, 5.41) is 3.56. The van der Waals surface area contributed by atoms with E-state index in [0.717, 1.165) is 5.69 Å². The Morgan fingerprint density at radius 2 is 1.91 bits per heavy atom. The van der Waals surface area contributed by atoms with Crippen molar-refractivity contribution in [3.63, 3.8) is 0 Å². The van der Waals surface area contributed by atoms with Gasteiger partial charge in [-0.05, 0) is 56.3 Å². The van der Waals surface area contributed by atoms with E-state index in [1.165, 1.54) is 4.90 Å². The van der Waals surface area contributed by atoms with E-state index in [-0.39, 0.29) is 18.5 Å². The molecule has 0 radical (unpaired) electrons. The number of aromatic nitrogens is 1. The van der Waals surface area contributed by atoms with Gasteiger partial charge < -0.3 is 24.1 Å². The summed E-state index contributed by atoms with van der Waals surface area (Å²) in [7, 11) is 1.93. The van der Waals surface area contributed by atoms with E-state index in [1.807, 2.05) is 49.9 Å². The number of nitrogens with zero attached hydrogens (tertiary/aromatic N) is 3. The third-order valence-electron chi connectivity index (χ3n) is 5.05. The van der Waals surface area contributed by atoms with Gasteiger partial charge in [-0.2, -0.15) is 0 Å². The van der Waals surface area contributed by atoms with E-state index >= 15 is 0 Å². The normalized spacial score (nSPS) is 10.9. The lowest BCUT2D eigenvalue weighted by atomic mass is 10.2. The largest absolute Gasteiger partial charge is 0.467 e. The van der Waals surface area contributed by atoms with Gasteiger partial charge in [-0.25, -0.2) is 4.79 Å². The molecule has 1 aromatic carbocycles. The molecule has 0 saturated carbocycles. The molecule has 3 aromatic rings. The Balaban J connectivity index is 1.76. The number of carbonyl (C=O) groups excluding carboxylic acids is 2. The summed E-state index contributed by atoms with van der Waals surface area (Å²) in [4.78, 5) is 29.4. The number of hydrogen-bond acceptors (Lipinski definition) is 3. The summed E-state index contributed by atoms with van der Waals surface area (Å²) in [6.45, 7) is 4.29. The molecule has 3 rings (SSSR count). The number of aryl methyl sites for hydroxylation is 1. The van der Waals surface area contributed by atoms with Crippen LogP contribution in [0.25, 0.3) is 0 Å². The lowest BCUT2D eigenvalue weighted by Crippen LogP contribution is -2.47. The Morgan fingerprint density at radius 1 is 1.12 bits per heavy atom. The summed E-state index contributed by atoms with van der Waals surface area (Å²) >= 11 is 12.1.